The first kappa shape index (κ1) is 63.2. The first-order valence-electron chi connectivity index (χ1n) is 26.5. The van der Waals surface area contributed by atoms with Gasteiger partial charge in [0.2, 0.25) is 5.91 Å². The fourth-order valence-corrected chi connectivity index (χ4v) is 7.83. The number of nitrogens with zero attached hydrogens (tertiary/aromatic N) is 1. The number of phosphoric ester groups is 1. The van der Waals surface area contributed by atoms with Crippen LogP contribution in [0.25, 0.3) is 0 Å². The third-order valence-corrected chi connectivity index (χ3v) is 12.2. The van der Waals surface area contributed by atoms with Crippen LogP contribution in [0.4, 0.5) is 0 Å². The van der Waals surface area contributed by atoms with E-state index in [2.05, 4.69) is 92.9 Å². The van der Waals surface area contributed by atoms with E-state index in [0.29, 0.717) is 23.9 Å². The van der Waals surface area contributed by atoms with E-state index in [1.165, 1.54) is 70.6 Å². The lowest BCUT2D eigenvalue weighted by Gasteiger charge is -2.30. The van der Waals surface area contributed by atoms with Crippen molar-refractivity contribution in [2.75, 3.05) is 40.9 Å². The summed E-state index contributed by atoms with van der Waals surface area (Å²) in [6, 6.07) is -0.906. The molecule has 66 heavy (non-hydrogen) atoms. The van der Waals surface area contributed by atoms with Gasteiger partial charge in [-0.15, -0.1) is 0 Å². The molecule has 0 bridgehead atoms. The summed E-state index contributed by atoms with van der Waals surface area (Å²) < 4.78 is 30.1. The van der Waals surface area contributed by atoms with Crippen LogP contribution < -0.4 is 10.2 Å². The molecule has 0 fully saturated rings. The van der Waals surface area contributed by atoms with Crippen molar-refractivity contribution in [3.8, 4) is 0 Å². The van der Waals surface area contributed by atoms with E-state index in [1.807, 2.05) is 39.4 Å². The number of hydrogen-bond acceptors (Lipinski definition) is 7. The van der Waals surface area contributed by atoms with Gasteiger partial charge in [-0.05, 0) is 70.3 Å². The number of esters is 1. The molecule has 0 aromatic heterocycles. The van der Waals surface area contributed by atoms with Gasteiger partial charge < -0.3 is 28.5 Å². The summed E-state index contributed by atoms with van der Waals surface area (Å²) in [4.78, 5) is 39.7. The quantitative estimate of drug-likeness (QED) is 0.0161. The lowest BCUT2D eigenvalue weighted by molar-refractivity contribution is -0.870. The van der Waals surface area contributed by atoms with Gasteiger partial charge in [-0.25, -0.2) is 0 Å². The molecule has 0 spiro atoms. The van der Waals surface area contributed by atoms with Gasteiger partial charge in [0.05, 0.1) is 33.8 Å². The maximum atomic E-state index is 13.4. The Morgan fingerprint density at radius 2 is 0.970 bits per heavy atom. The zero-order valence-corrected chi connectivity index (χ0v) is 44.0. The summed E-state index contributed by atoms with van der Waals surface area (Å²) in [7, 11) is 1.15. The minimum absolute atomic E-state index is 0.0327. The van der Waals surface area contributed by atoms with Crippen molar-refractivity contribution in [2.45, 2.75) is 219 Å². The largest absolute Gasteiger partial charge is 0.756 e. The second kappa shape index (κ2) is 45.9. The Kier molecular flexibility index (Phi) is 44.0. The van der Waals surface area contributed by atoms with Crippen molar-refractivity contribution in [2.24, 2.45) is 0 Å². The highest BCUT2D eigenvalue weighted by atomic mass is 31.2. The minimum Gasteiger partial charge on any atom is -0.756 e. The van der Waals surface area contributed by atoms with Crippen molar-refractivity contribution < 1.29 is 37.3 Å². The number of rotatable bonds is 46. The van der Waals surface area contributed by atoms with Crippen LogP contribution in [0.2, 0.25) is 0 Å². The number of hydrogen-bond donors (Lipinski definition) is 1. The molecular weight excluding hydrogens is 844 g/mol. The summed E-state index contributed by atoms with van der Waals surface area (Å²) >= 11 is 0. The number of carbonyl (C=O) groups excluding carboxylic acids is 2. The fraction of sp³-hybridized carbons (Fsp3) is 0.714. The molecule has 1 N–H and O–H groups in total. The topological polar surface area (TPSA) is 114 Å². The van der Waals surface area contributed by atoms with Crippen molar-refractivity contribution in [3.63, 3.8) is 0 Å². The number of allylic oxidation sites excluding steroid dienone is 13. The van der Waals surface area contributed by atoms with E-state index in [0.717, 1.165) is 89.9 Å². The number of likely N-dealkylation sites (N-methyl/N-ethyl adjacent to an activating group) is 1. The van der Waals surface area contributed by atoms with Gasteiger partial charge in [-0.2, -0.15) is 0 Å². The van der Waals surface area contributed by atoms with Gasteiger partial charge in [-0.3, -0.25) is 14.2 Å². The van der Waals surface area contributed by atoms with Gasteiger partial charge in [0.1, 0.15) is 19.3 Å². The number of amides is 1. The van der Waals surface area contributed by atoms with Crippen molar-refractivity contribution in [1.82, 2.24) is 5.32 Å². The van der Waals surface area contributed by atoms with E-state index in [4.69, 9.17) is 13.8 Å². The van der Waals surface area contributed by atoms with Gasteiger partial charge in [0, 0.05) is 12.8 Å². The summed E-state index contributed by atoms with van der Waals surface area (Å²) in [5.74, 6) is -0.587. The van der Waals surface area contributed by atoms with E-state index in [-0.39, 0.29) is 31.3 Å². The van der Waals surface area contributed by atoms with E-state index < -0.39 is 26.6 Å². The molecule has 0 aliphatic heterocycles. The monoisotopic (exact) mass is 943 g/mol. The molecule has 0 aliphatic rings. The molecule has 1 amide bonds. The SMILES string of the molecule is CC/C=C/C=C/C=C\CCCCCCCC(=O)NC(COP(=O)([O-])OCC[N+](C)(C)C)C(/C=C/CCCCCCCCCCCC)OC(=O)CCCCCCCCC/C=C/C=C/C=C/CC. The van der Waals surface area contributed by atoms with Crippen LogP contribution in [0.3, 0.4) is 0 Å². The lowest BCUT2D eigenvalue weighted by Crippen LogP contribution is -2.47. The predicted octanol–water partition coefficient (Wildman–Crippen LogP) is 14.9. The number of nitrogens with one attached hydrogen (secondary N) is 1. The highest BCUT2D eigenvalue weighted by Gasteiger charge is 2.27. The Hall–Kier alpha value is -2.81. The van der Waals surface area contributed by atoms with Crippen LogP contribution in [-0.4, -0.2) is 69.4 Å². The van der Waals surface area contributed by atoms with Crippen LogP contribution >= 0.6 is 7.82 Å². The number of quaternary nitrogens is 1. The number of unbranched alkanes of at least 4 members (excludes halogenated alkanes) is 22. The van der Waals surface area contributed by atoms with Gasteiger partial charge >= 0.3 is 5.97 Å². The molecule has 3 unspecified atom stereocenters. The van der Waals surface area contributed by atoms with Crippen LogP contribution in [0.5, 0.6) is 0 Å². The fourth-order valence-electron chi connectivity index (χ4n) is 7.11. The first-order valence-corrected chi connectivity index (χ1v) is 27.9. The van der Waals surface area contributed by atoms with E-state index in [9.17, 15) is 19.0 Å². The maximum Gasteiger partial charge on any atom is 0.306 e. The molecule has 0 aromatic rings. The summed E-state index contributed by atoms with van der Waals surface area (Å²) in [5.41, 5.74) is 0. The average Bonchev–Trinajstić information content (AvgIpc) is 3.27. The Bertz CT molecular complexity index is 1410. The maximum absolute atomic E-state index is 13.4. The Morgan fingerprint density at radius 1 is 0.545 bits per heavy atom. The predicted molar refractivity (Wildman–Crippen MR) is 279 cm³/mol. The molecule has 0 radical (unpaired) electrons. The van der Waals surface area contributed by atoms with Crippen molar-refractivity contribution in [1.29, 1.82) is 0 Å². The smallest absolute Gasteiger partial charge is 0.306 e. The lowest BCUT2D eigenvalue weighted by atomic mass is 10.0. The normalized spacial score (nSPS) is 14.6. The molecule has 0 saturated heterocycles. The molecule has 0 aromatic carbocycles. The first-order chi connectivity index (χ1) is 31.9. The molecule has 0 aliphatic carbocycles. The highest BCUT2D eigenvalue weighted by molar-refractivity contribution is 7.45. The highest BCUT2D eigenvalue weighted by Crippen LogP contribution is 2.38. The van der Waals surface area contributed by atoms with Crippen LogP contribution in [0, 0.1) is 0 Å². The minimum atomic E-state index is -4.70. The number of phosphoric acid groups is 1. The molecule has 10 heteroatoms. The average molecular weight is 943 g/mol. The van der Waals surface area contributed by atoms with Gasteiger partial charge in [0.15, 0.2) is 0 Å². The van der Waals surface area contributed by atoms with Crippen LogP contribution in [0.15, 0.2) is 85.1 Å². The molecule has 0 rings (SSSR count). The molecule has 3 atom stereocenters. The number of carbonyl (C=O) groups is 2. The Morgan fingerprint density at radius 3 is 1.44 bits per heavy atom. The molecule has 380 valence electrons. The second-order valence-corrected chi connectivity index (χ2v) is 20.1. The zero-order valence-electron chi connectivity index (χ0n) is 43.1. The zero-order chi connectivity index (χ0) is 48.7. The van der Waals surface area contributed by atoms with Crippen LogP contribution in [0.1, 0.15) is 207 Å². The summed E-state index contributed by atoms with van der Waals surface area (Å²) in [6.07, 6.45) is 58.3. The van der Waals surface area contributed by atoms with E-state index in [1.54, 1.807) is 0 Å². The van der Waals surface area contributed by atoms with Gasteiger partial charge in [0.25, 0.3) is 7.82 Å². The van der Waals surface area contributed by atoms with Crippen molar-refractivity contribution in [3.05, 3.63) is 85.1 Å². The molecule has 9 nitrogen and oxygen atoms in total. The molecular formula is C56H99N2O7P. The standard InChI is InChI=1S/C56H99N2O7P/c1-7-10-13-16-19-22-25-28-29-31-34-37-40-43-46-49-56(60)65-54(47-44-41-38-35-32-27-24-21-18-15-12-9-3)53(52-64-66(61,62)63-51-50-58(4,5)6)57-55(59)48-45-42-39-36-33-30-26-23-20-17-14-11-8-2/h10-11,13-14,16-17,19-20,22-23,25-26,44,47,53-54H,7-9,12,15,18,21,24,27-43,45-46,48-52H2,1-6H3,(H-,57,59,61,62)/b13-10+,14-11+,19-16+,20-17+,25-22+,26-23-,47-44+. The summed E-state index contributed by atoms with van der Waals surface area (Å²) in [5, 5.41) is 2.99. The van der Waals surface area contributed by atoms with Crippen LogP contribution in [-0.2, 0) is 27.9 Å². The Labute approximate surface area is 406 Å². The van der Waals surface area contributed by atoms with Gasteiger partial charge in [-0.1, -0.05) is 209 Å². The third-order valence-electron chi connectivity index (χ3n) is 11.2. The van der Waals surface area contributed by atoms with Crippen molar-refractivity contribution >= 4 is 19.7 Å². The second-order valence-electron chi connectivity index (χ2n) is 18.7. The molecule has 0 saturated carbocycles. The summed E-state index contributed by atoms with van der Waals surface area (Å²) in [6.45, 7) is 6.52. The molecule has 0 heterocycles. The third kappa shape index (κ3) is 46.3. The van der Waals surface area contributed by atoms with E-state index >= 15 is 0 Å². The Balaban J connectivity index is 5.47. The number of ether oxygens (including phenoxy) is 1.